The molecule has 7 nitrogen and oxygen atoms in total. The Bertz CT molecular complexity index is 1130. The molecule has 2 aliphatic carbocycles. The minimum Gasteiger partial charge on any atom is -0.451 e. The van der Waals surface area contributed by atoms with Crippen LogP contribution in [0.4, 0.5) is 10.5 Å². The van der Waals surface area contributed by atoms with Gasteiger partial charge in [-0.25, -0.2) is 9.52 Å². The van der Waals surface area contributed by atoms with E-state index in [9.17, 15) is 18.3 Å². The summed E-state index contributed by atoms with van der Waals surface area (Å²) in [5.41, 5.74) is 4.50. The summed E-state index contributed by atoms with van der Waals surface area (Å²) in [4.78, 5) is 12.8. The quantitative estimate of drug-likeness (QED) is 0.593. The van der Waals surface area contributed by atoms with E-state index < -0.39 is 26.7 Å². The highest BCUT2D eigenvalue weighted by Gasteiger charge is 2.33. The number of urea groups is 1. The van der Waals surface area contributed by atoms with Crippen molar-refractivity contribution >= 4 is 35.1 Å². The molecule has 0 spiro atoms. The van der Waals surface area contributed by atoms with Crippen LogP contribution in [0.5, 0.6) is 0 Å². The summed E-state index contributed by atoms with van der Waals surface area (Å²) in [6.07, 6.45) is 6.41. The number of anilines is 1. The fraction of sp³-hybridized carbons (Fsp3) is 0.500. The number of sulfonamides is 1. The molecule has 3 N–H and O–H groups in total. The molecule has 1 atom stereocenters. The second kappa shape index (κ2) is 7.71. The summed E-state index contributed by atoms with van der Waals surface area (Å²) < 4.78 is 32.5. The fourth-order valence-corrected chi connectivity index (χ4v) is 5.32. The Hall–Kier alpha value is -2.26. The van der Waals surface area contributed by atoms with Crippen molar-refractivity contribution in [3.05, 3.63) is 40.6 Å². The normalized spacial score (nSPS) is 17.3. The molecular weight excluding hydrogens is 415 g/mol. The Morgan fingerprint density at radius 3 is 2.55 bits per heavy atom. The molecule has 4 rings (SSSR count). The van der Waals surface area contributed by atoms with Crippen LogP contribution in [0.25, 0.3) is 0 Å². The number of benzene rings is 1. The first-order valence-corrected chi connectivity index (χ1v) is 12.3. The summed E-state index contributed by atoms with van der Waals surface area (Å²) in [7, 11) is -2.11. The van der Waals surface area contributed by atoms with Crippen molar-refractivity contribution in [3.63, 3.8) is 0 Å². The number of nitrogens with one attached hydrogen (secondary N) is 2. The molecule has 0 saturated heterocycles. The third-order valence-corrected chi connectivity index (χ3v) is 7.69. The molecule has 1 fully saturated rings. The van der Waals surface area contributed by atoms with Crippen LogP contribution in [0, 0.1) is 5.92 Å². The Balaban J connectivity index is 1.60. The van der Waals surface area contributed by atoms with E-state index in [1.165, 1.54) is 50.0 Å². The van der Waals surface area contributed by atoms with Crippen LogP contribution in [0.1, 0.15) is 68.2 Å². The average Bonchev–Trinajstić information content (AvgIpc) is 3.17. The van der Waals surface area contributed by atoms with Crippen molar-refractivity contribution in [1.29, 1.82) is 0 Å². The number of furan rings is 1. The van der Waals surface area contributed by atoms with Crippen molar-refractivity contribution in [2.45, 2.75) is 69.5 Å². The van der Waals surface area contributed by atoms with Gasteiger partial charge in [0.2, 0.25) is 5.09 Å². The molecule has 2 aromatic rings. The van der Waals surface area contributed by atoms with Gasteiger partial charge in [0, 0.05) is 17.3 Å². The van der Waals surface area contributed by atoms with E-state index in [2.05, 4.69) is 26.2 Å². The second-order valence-electron chi connectivity index (χ2n) is 9.37. The van der Waals surface area contributed by atoms with Crippen molar-refractivity contribution in [1.82, 2.24) is 4.72 Å². The van der Waals surface area contributed by atoms with Crippen molar-refractivity contribution in [3.8, 4) is 0 Å². The highest BCUT2D eigenvalue weighted by molar-refractivity contribution is 7.89. The summed E-state index contributed by atoms with van der Waals surface area (Å²) in [6, 6.07) is 2.56. The third-order valence-electron chi connectivity index (χ3n) is 6.49. The van der Waals surface area contributed by atoms with Gasteiger partial charge in [-0.15, -0.1) is 0 Å². The number of hydrogen-bond donors (Lipinski definition) is 3. The fourth-order valence-electron chi connectivity index (χ4n) is 4.47. The number of carbonyl (C=O) groups excluding carboxylic acids is 1. The predicted molar refractivity (Wildman–Crippen MR) is 121 cm³/mol. The number of amides is 2. The number of aliphatic hydroxyl groups is 1. The molecule has 0 bridgehead atoms. The van der Waals surface area contributed by atoms with Gasteiger partial charge in [-0.3, -0.25) is 0 Å². The number of carbonyl (C=O) groups is 1. The molecule has 1 heterocycles. The van der Waals surface area contributed by atoms with E-state index in [1.54, 1.807) is 0 Å². The lowest BCUT2D eigenvalue weighted by atomic mass is 9.82. The van der Waals surface area contributed by atoms with Crippen LogP contribution < -0.4 is 15.5 Å². The summed E-state index contributed by atoms with van der Waals surface area (Å²) in [6.45, 7) is 5.22. The van der Waals surface area contributed by atoms with Gasteiger partial charge < -0.3 is 14.8 Å². The van der Waals surface area contributed by atoms with Crippen LogP contribution >= 0.6 is 0 Å². The molecule has 9 heteroatoms. The van der Waals surface area contributed by atoms with E-state index in [-0.39, 0.29) is 0 Å². The number of hydrogen-bond acceptors (Lipinski definition) is 5. The van der Waals surface area contributed by atoms with Crippen LogP contribution in [0.2, 0.25) is 0 Å². The van der Waals surface area contributed by atoms with Crippen molar-refractivity contribution < 1.29 is 22.7 Å². The number of fused-ring (bicyclic) bond motifs is 1. The molecule has 2 aliphatic rings. The molecule has 31 heavy (non-hydrogen) atoms. The maximum absolute atomic E-state index is 12.8. The summed E-state index contributed by atoms with van der Waals surface area (Å²) in [5, 5.41) is 12.5. The Morgan fingerprint density at radius 2 is 1.94 bits per heavy atom. The average molecular weight is 444 g/mol. The third kappa shape index (κ3) is 4.39. The summed E-state index contributed by atoms with van der Waals surface area (Å²) >= 11 is 0. The molecule has 0 aliphatic heterocycles. The minimum absolute atomic E-state index is 0.302. The lowest BCUT2D eigenvalue weighted by molar-refractivity contribution is 0.0779. The number of rotatable bonds is 6. The maximum atomic E-state index is 12.8. The zero-order valence-corrected chi connectivity index (χ0v) is 19.2. The van der Waals surface area contributed by atoms with Crippen LogP contribution in [0.15, 0.2) is 27.9 Å². The van der Waals surface area contributed by atoms with Gasteiger partial charge in [0.15, 0.2) is 0 Å². The van der Waals surface area contributed by atoms with Gasteiger partial charge in [-0.2, -0.15) is 8.42 Å². The first kappa shape index (κ1) is 22.0. The highest BCUT2D eigenvalue weighted by Crippen LogP contribution is 2.46. The van der Waals surface area contributed by atoms with Gasteiger partial charge in [-0.1, -0.05) is 18.5 Å². The smallest absolute Gasteiger partial charge is 0.333 e. The molecule has 2 amide bonds. The Kier molecular flexibility index (Phi) is 5.46. The molecule has 1 saturated carbocycles. The zero-order valence-electron chi connectivity index (χ0n) is 18.4. The Labute approximate surface area is 184 Å². The molecular formula is C22H29BN2O5S. The van der Waals surface area contributed by atoms with Gasteiger partial charge >= 0.3 is 6.03 Å². The standard InChI is InChI=1S/C22H29BN2O5S/c1-12(13-7-8-13)17-10-18(23)15-5-4-6-16(15)20(17)24-21(26)25-31(28,29)19-9-14(11-30-19)22(2,3)27/h9-13,27H,4-8,23H2,1-3H3,(H2,24,25,26)/t12-/m1/s1. The maximum Gasteiger partial charge on any atom is 0.333 e. The molecule has 1 aromatic carbocycles. The lowest BCUT2D eigenvalue weighted by Gasteiger charge is -2.22. The van der Waals surface area contributed by atoms with Gasteiger partial charge in [0.1, 0.15) is 7.85 Å². The summed E-state index contributed by atoms with van der Waals surface area (Å²) in [5.74, 6) is 0.908. The molecule has 166 valence electrons. The van der Waals surface area contributed by atoms with Crippen LogP contribution in [-0.4, -0.2) is 27.4 Å². The predicted octanol–water partition coefficient (Wildman–Crippen LogP) is 2.28. The molecule has 0 radical (unpaired) electrons. The zero-order chi connectivity index (χ0) is 22.6. The van der Waals surface area contributed by atoms with E-state index in [0.717, 1.165) is 36.1 Å². The first-order chi connectivity index (χ1) is 14.5. The van der Waals surface area contributed by atoms with E-state index >= 15 is 0 Å². The van der Waals surface area contributed by atoms with Crippen LogP contribution in [0.3, 0.4) is 0 Å². The van der Waals surface area contributed by atoms with Crippen molar-refractivity contribution in [2.24, 2.45) is 5.92 Å². The largest absolute Gasteiger partial charge is 0.451 e. The van der Waals surface area contributed by atoms with E-state index in [4.69, 9.17) is 4.42 Å². The SMILES string of the molecule is Bc1cc([C@H](C)C2CC2)c(NC(=O)NS(=O)(=O)c2cc(C(C)(C)O)co2)c2c1CCC2. The van der Waals surface area contributed by atoms with E-state index in [0.29, 0.717) is 17.4 Å². The second-order valence-corrected chi connectivity index (χ2v) is 11.0. The lowest BCUT2D eigenvalue weighted by Crippen LogP contribution is -2.35. The monoisotopic (exact) mass is 444 g/mol. The van der Waals surface area contributed by atoms with E-state index in [1.807, 2.05) is 4.72 Å². The van der Waals surface area contributed by atoms with Gasteiger partial charge in [0.05, 0.1) is 11.9 Å². The first-order valence-electron chi connectivity index (χ1n) is 10.8. The van der Waals surface area contributed by atoms with Gasteiger partial charge in [0.25, 0.3) is 10.0 Å². The molecule has 0 unspecified atom stereocenters. The Morgan fingerprint density at radius 1 is 1.26 bits per heavy atom. The highest BCUT2D eigenvalue weighted by atomic mass is 32.2. The topological polar surface area (TPSA) is 109 Å². The van der Waals surface area contributed by atoms with Crippen LogP contribution in [-0.2, 0) is 28.5 Å². The molecule has 1 aromatic heterocycles. The minimum atomic E-state index is -4.22. The van der Waals surface area contributed by atoms with Gasteiger partial charge in [-0.05, 0) is 74.5 Å². The van der Waals surface area contributed by atoms with Crippen molar-refractivity contribution in [2.75, 3.05) is 5.32 Å².